The summed E-state index contributed by atoms with van der Waals surface area (Å²) in [4.78, 5) is 12.1. The number of aromatic nitrogens is 2. The molecule has 1 amide bonds. The summed E-state index contributed by atoms with van der Waals surface area (Å²) in [7, 11) is 0. The van der Waals surface area contributed by atoms with E-state index in [2.05, 4.69) is 10.4 Å². The van der Waals surface area contributed by atoms with Crippen molar-refractivity contribution in [3.05, 3.63) is 78.0 Å². The number of carbonyl (C=O) groups excluding carboxylic acids is 1. The standard InChI is InChI=1S/C17H17N3O3/c21-15(16-3-1-10-23-16)11-18-17(22)14-6-4-13(5-7-14)12-20-9-2-8-19-20/h1-10,15,21H,11-12H2,(H,18,22). The van der Waals surface area contributed by atoms with E-state index in [4.69, 9.17) is 4.42 Å². The molecule has 0 aliphatic rings. The number of carbonyl (C=O) groups is 1. The van der Waals surface area contributed by atoms with Crippen LogP contribution in [0.15, 0.2) is 65.5 Å². The Balaban J connectivity index is 1.55. The van der Waals surface area contributed by atoms with Gasteiger partial charge in [0.25, 0.3) is 5.91 Å². The zero-order chi connectivity index (χ0) is 16.1. The van der Waals surface area contributed by atoms with E-state index in [1.54, 1.807) is 30.5 Å². The lowest BCUT2D eigenvalue weighted by atomic mass is 10.1. The van der Waals surface area contributed by atoms with Gasteiger partial charge in [0.05, 0.1) is 19.4 Å². The molecule has 1 atom stereocenters. The van der Waals surface area contributed by atoms with Crippen LogP contribution >= 0.6 is 0 Å². The predicted molar refractivity (Wildman–Crippen MR) is 83.8 cm³/mol. The lowest BCUT2D eigenvalue weighted by Gasteiger charge is -2.10. The van der Waals surface area contributed by atoms with Crippen molar-refractivity contribution >= 4 is 5.91 Å². The van der Waals surface area contributed by atoms with Crippen LogP contribution in [0.3, 0.4) is 0 Å². The van der Waals surface area contributed by atoms with Crippen LogP contribution in [0.2, 0.25) is 0 Å². The van der Waals surface area contributed by atoms with Crippen LogP contribution in [-0.4, -0.2) is 27.3 Å². The summed E-state index contributed by atoms with van der Waals surface area (Å²) in [5.74, 6) is 0.195. The Bertz CT molecular complexity index is 734. The molecule has 0 spiro atoms. The van der Waals surface area contributed by atoms with Crippen molar-refractivity contribution in [1.29, 1.82) is 0 Å². The number of rotatable bonds is 6. The number of aliphatic hydroxyl groups excluding tert-OH is 1. The van der Waals surface area contributed by atoms with Crippen molar-refractivity contribution < 1.29 is 14.3 Å². The van der Waals surface area contributed by atoms with Gasteiger partial charge in [0, 0.05) is 18.0 Å². The van der Waals surface area contributed by atoms with Crippen molar-refractivity contribution in [3.8, 4) is 0 Å². The van der Waals surface area contributed by atoms with E-state index < -0.39 is 6.10 Å². The number of aliphatic hydroxyl groups is 1. The molecule has 0 bridgehead atoms. The Hall–Kier alpha value is -2.86. The van der Waals surface area contributed by atoms with Gasteiger partial charge in [-0.05, 0) is 35.9 Å². The molecule has 6 heteroatoms. The lowest BCUT2D eigenvalue weighted by Crippen LogP contribution is -2.28. The van der Waals surface area contributed by atoms with Gasteiger partial charge in [0.15, 0.2) is 0 Å². The van der Waals surface area contributed by atoms with E-state index in [-0.39, 0.29) is 12.5 Å². The van der Waals surface area contributed by atoms with E-state index in [9.17, 15) is 9.90 Å². The van der Waals surface area contributed by atoms with Crippen LogP contribution in [0.25, 0.3) is 0 Å². The molecule has 3 rings (SSSR count). The number of hydrogen-bond acceptors (Lipinski definition) is 4. The summed E-state index contributed by atoms with van der Waals surface area (Å²) in [6.45, 7) is 0.757. The van der Waals surface area contributed by atoms with Crippen LogP contribution in [0.4, 0.5) is 0 Å². The van der Waals surface area contributed by atoms with E-state index in [0.29, 0.717) is 17.9 Å². The smallest absolute Gasteiger partial charge is 0.251 e. The molecule has 2 heterocycles. The summed E-state index contributed by atoms with van der Waals surface area (Å²) in [5.41, 5.74) is 1.60. The average Bonchev–Trinajstić information content (AvgIpc) is 3.26. The molecule has 1 unspecified atom stereocenters. The minimum absolute atomic E-state index is 0.0986. The Morgan fingerprint density at radius 2 is 2.09 bits per heavy atom. The monoisotopic (exact) mass is 311 g/mol. The fourth-order valence-corrected chi connectivity index (χ4v) is 2.22. The summed E-state index contributed by atoms with van der Waals surface area (Å²) in [5, 5.41) is 16.7. The Kier molecular flexibility index (Phi) is 4.54. The number of amides is 1. The average molecular weight is 311 g/mol. The number of hydrogen-bond donors (Lipinski definition) is 2. The van der Waals surface area contributed by atoms with Gasteiger partial charge in [-0.2, -0.15) is 5.10 Å². The lowest BCUT2D eigenvalue weighted by molar-refractivity contribution is 0.0901. The fourth-order valence-electron chi connectivity index (χ4n) is 2.22. The molecule has 0 aliphatic heterocycles. The molecule has 0 saturated heterocycles. The second-order valence-corrected chi connectivity index (χ2v) is 5.14. The van der Waals surface area contributed by atoms with Crippen LogP contribution in [0.5, 0.6) is 0 Å². The first-order valence-corrected chi connectivity index (χ1v) is 7.28. The fraction of sp³-hybridized carbons (Fsp3) is 0.176. The van der Waals surface area contributed by atoms with Crippen LogP contribution in [0, 0.1) is 0 Å². The molecule has 0 radical (unpaired) electrons. The SMILES string of the molecule is O=C(NCC(O)c1ccco1)c1ccc(Cn2cccn2)cc1. The van der Waals surface area contributed by atoms with Gasteiger partial charge < -0.3 is 14.8 Å². The zero-order valence-corrected chi connectivity index (χ0v) is 12.4. The van der Waals surface area contributed by atoms with Crippen molar-refractivity contribution in [3.63, 3.8) is 0 Å². The van der Waals surface area contributed by atoms with Crippen molar-refractivity contribution in [2.45, 2.75) is 12.6 Å². The highest BCUT2D eigenvalue weighted by atomic mass is 16.4. The predicted octanol–water partition coefficient (Wildman–Crippen LogP) is 1.99. The third-order valence-electron chi connectivity index (χ3n) is 3.45. The Labute approximate surface area is 133 Å². The zero-order valence-electron chi connectivity index (χ0n) is 12.4. The molecule has 0 fully saturated rings. The molecule has 118 valence electrons. The highest BCUT2D eigenvalue weighted by molar-refractivity contribution is 5.94. The van der Waals surface area contributed by atoms with Gasteiger partial charge in [0.1, 0.15) is 11.9 Å². The molecule has 1 aromatic carbocycles. The Morgan fingerprint density at radius 1 is 1.26 bits per heavy atom. The minimum atomic E-state index is -0.854. The second-order valence-electron chi connectivity index (χ2n) is 5.14. The van der Waals surface area contributed by atoms with Crippen molar-refractivity contribution in [2.75, 3.05) is 6.54 Å². The van der Waals surface area contributed by atoms with E-state index in [0.717, 1.165) is 5.56 Å². The van der Waals surface area contributed by atoms with Gasteiger partial charge in [-0.1, -0.05) is 12.1 Å². The normalized spacial score (nSPS) is 12.0. The summed E-state index contributed by atoms with van der Waals surface area (Å²) >= 11 is 0. The molecule has 2 N–H and O–H groups in total. The largest absolute Gasteiger partial charge is 0.467 e. The maximum Gasteiger partial charge on any atom is 0.251 e. The highest BCUT2D eigenvalue weighted by Gasteiger charge is 2.12. The maximum atomic E-state index is 12.1. The minimum Gasteiger partial charge on any atom is -0.467 e. The number of nitrogens with zero attached hydrogens (tertiary/aromatic N) is 2. The molecule has 2 aromatic heterocycles. The van der Waals surface area contributed by atoms with E-state index in [1.807, 2.05) is 29.1 Å². The first-order valence-electron chi connectivity index (χ1n) is 7.28. The first kappa shape index (κ1) is 15.1. The van der Waals surface area contributed by atoms with E-state index >= 15 is 0 Å². The second kappa shape index (κ2) is 6.93. The summed E-state index contributed by atoms with van der Waals surface area (Å²) in [6, 6.07) is 12.5. The quantitative estimate of drug-likeness (QED) is 0.729. The number of benzene rings is 1. The molecule has 0 aliphatic carbocycles. The first-order chi connectivity index (χ1) is 11.2. The van der Waals surface area contributed by atoms with Crippen molar-refractivity contribution in [2.24, 2.45) is 0 Å². The van der Waals surface area contributed by atoms with Gasteiger partial charge in [0.2, 0.25) is 0 Å². The van der Waals surface area contributed by atoms with Crippen LogP contribution in [-0.2, 0) is 6.54 Å². The molecule has 6 nitrogen and oxygen atoms in total. The number of furan rings is 1. The number of nitrogens with one attached hydrogen (secondary N) is 1. The summed E-state index contributed by atoms with van der Waals surface area (Å²) < 4.78 is 6.90. The van der Waals surface area contributed by atoms with Crippen LogP contribution < -0.4 is 5.32 Å². The van der Waals surface area contributed by atoms with Crippen molar-refractivity contribution in [1.82, 2.24) is 15.1 Å². The topological polar surface area (TPSA) is 80.3 Å². The molecule has 23 heavy (non-hydrogen) atoms. The molecular formula is C17H17N3O3. The maximum absolute atomic E-state index is 12.1. The van der Waals surface area contributed by atoms with E-state index in [1.165, 1.54) is 6.26 Å². The van der Waals surface area contributed by atoms with Gasteiger partial charge >= 0.3 is 0 Å². The Morgan fingerprint density at radius 3 is 2.74 bits per heavy atom. The van der Waals surface area contributed by atoms with Gasteiger partial charge in [-0.15, -0.1) is 0 Å². The molecule has 3 aromatic rings. The van der Waals surface area contributed by atoms with Gasteiger partial charge in [-0.3, -0.25) is 9.48 Å². The third kappa shape index (κ3) is 3.87. The van der Waals surface area contributed by atoms with Crippen LogP contribution in [0.1, 0.15) is 27.8 Å². The molecular weight excluding hydrogens is 294 g/mol. The summed E-state index contributed by atoms with van der Waals surface area (Å²) in [6.07, 6.45) is 4.25. The highest BCUT2D eigenvalue weighted by Crippen LogP contribution is 2.12. The third-order valence-corrected chi connectivity index (χ3v) is 3.45. The van der Waals surface area contributed by atoms with Gasteiger partial charge in [-0.25, -0.2) is 0 Å². The molecule has 0 saturated carbocycles.